The van der Waals surface area contributed by atoms with Gasteiger partial charge in [0.1, 0.15) is 18.1 Å². The Morgan fingerprint density at radius 2 is 1.97 bits per heavy atom. The van der Waals surface area contributed by atoms with E-state index >= 15 is 0 Å². The number of rotatable bonds is 9. The van der Waals surface area contributed by atoms with Crippen LogP contribution in [-0.2, 0) is 22.6 Å². The van der Waals surface area contributed by atoms with Crippen LogP contribution in [0.15, 0.2) is 29.3 Å². The van der Waals surface area contributed by atoms with Crippen LogP contribution in [-0.4, -0.2) is 64.5 Å². The van der Waals surface area contributed by atoms with Crippen molar-refractivity contribution in [1.82, 2.24) is 20.2 Å². The van der Waals surface area contributed by atoms with E-state index in [9.17, 15) is 9.90 Å². The molecule has 2 unspecified atom stereocenters. The smallest absolute Gasteiger partial charge is 0.320 e. The fourth-order valence-corrected chi connectivity index (χ4v) is 3.70. The number of aliphatic hydroxyl groups is 1. The highest BCUT2D eigenvalue weighted by atomic mass is 16.5. The second-order valence-corrected chi connectivity index (χ2v) is 8.14. The fraction of sp³-hybridized carbons (Fsp3) is 0.591. The molecule has 0 bridgehead atoms. The fourth-order valence-electron chi connectivity index (χ4n) is 3.70. The van der Waals surface area contributed by atoms with Gasteiger partial charge in [-0.2, -0.15) is 0 Å². The lowest BCUT2D eigenvalue weighted by atomic mass is 9.88. The summed E-state index contributed by atoms with van der Waals surface area (Å²) in [5.74, 6) is 1.08. The van der Waals surface area contributed by atoms with E-state index in [-0.39, 0.29) is 18.0 Å². The van der Waals surface area contributed by atoms with Crippen molar-refractivity contribution in [1.29, 1.82) is 0 Å². The molecule has 2 heterocycles. The number of nitrogens with one attached hydrogen (secondary N) is 2. The van der Waals surface area contributed by atoms with Crippen LogP contribution in [0.3, 0.4) is 0 Å². The standard InChI is InChI=1S/C22H33N5O4/c1-5-30-12-11-23-21(28)26-20-18-19(15-9-7-8-10-16(15)24-20)27(14-22(3,4)29)17(25-18)13-31-6-2/h7-10,15-16,29H,5-6,11-14H2,1-4H3,(H2,23,24,26,28). The number of carbonyl (C=O) groups is 1. The molecule has 0 spiro atoms. The van der Waals surface area contributed by atoms with E-state index in [4.69, 9.17) is 19.5 Å². The van der Waals surface area contributed by atoms with Crippen LogP contribution < -0.4 is 10.6 Å². The molecule has 0 saturated carbocycles. The number of amidine groups is 1. The highest BCUT2D eigenvalue weighted by Gasteiger charge is 2.36. The number of allylic oxidation sites excluding steroid dienone is 2. The normalized spacial score (nSPS) is 19.6. The van der Waals surface area contributed by atoms with E-state index in [1.807, 2.05) is 36.6 Å². The Balaban J connectivity index is 1.94. The number of aliphatic imine (C=N–C) groups is 1. The van der Waals surface area contributed by atoms with Gasteiger partial charge in [0, 0.05) is 25.7 Å². The molecule has 3 rings (SSSR count). The number of imidazole rings is 1. The number of ether oxygens (including phenoxy) is 2. The van der Waals surface area contributed by atoms with E-state index in [0.29, 0.717) is 56.9 Å². The van der Waals surface area contributed by atoms with Gasteiger partial charge in [0.2, 0.25) is 0 Å². The second kappa shape index (κ2) is 10.2. The number of aromatic nitrogens is 2. The molecule has 1 aromatic heterocycles. The monoisotopic (exact) mass is 431 g/mol. The Bertz CT molecular complexity index is 866. The first-order valence-corrected chi connectivity index (χ1v) is 10.8. The molecule has 0 aromatic carbocycles. The van der Waals surface area contributed by atoms with Crippen molar-refractivity contribution < 1.29 is 19.4 Å². The highest BCUT2D eigenvalue weighted by Crippen LogP contribution is 2.35. The Hall–Kier alpha value is -2.49. The SMILES string of the molecule is CCOCCNC(=O)NC1=NC2C=CC=CC2c2c1nc(COCC)n2CC(C)(C)O. The van der Waals surface area contributed by atoms with Gasteiger partial charge >= 0.3 is 6.03 Å². The number of hydrogen-bond acceptors (Lipinski definition) is 6. The van der Waals surface area contributed by atoms with Crippen molar-refractivity contribution >= 4 is 11.9 Å². The van der Waals surface area contributed by atoms with Crippen molar-refractivity contribution in [3.05, 3.63) is 41.5 Å². The van der Waals surface area contributed by atoms with E-state index in [1.165, 1.54) is 0 Å². The molecule has 3 N–H and O–H groups in total. The van der Waals surface area contributed by atoms with Crippen molar-refractivity contribution in [3.63, 3.8) is 0 Å². The molecule has 1 aromatic rings. The van der Waals surface area contributed by atoms with Gasteiger partial charge in [-0.05, 0) is 27.7 Å². The summed E-state index contributed by atoms with van der Waals surface area (Å²) in [7, 11) is 0. The van der Waals surface area contributed by atoms with Crippen molar-refractivity contribution in [2.45, 2.75) is 58.4 Å². The lowest BCUT2D eigenvalue weighted by Crippen LogP contribution is -2.44. The molecule has 1 aliphatic carbocycles. The zero-order valence-corrected chi connectivity index (χ0v) is 18.7. The Kier molecular flexibility index (Phi) is 7.64. The van der Waals surface area contributed by atoms with Gasteiger partial charge in [-0.3, -0.25) is 10.3 Å². The molecule has 170 valence electrons. The summed E-state index contributed by atoms with van der Waals surface area (Å²) < 4.78 is 12.9. The van der Waals surface area contributed by atoms with Crippen LogP contribution in [0, 0.1) is 0 Å². The van der Waals surface area contributed by atoms with Crippen molar-refractivity contribution in [2.24, 2.45) is 4.99 Å². The summed E-state index contributed by atoms with van der Waals surface area (Å²) in [5.41, 5.74) is 0.583. The molecule has 0 radical (unpaired) electrons. The molecule has 1 aliphatic heterocycles. The van der Waals surface area contributed by atoms with Crippen LogP contribution >= 0.6 is 0 Å². The molecule has 9 heteroatoms. The first-order valence-electron chi connectivity index (χ1n) is 10.8. The predicted molar refractivity (Wildman–Crippen MR) is 118 cm³/mol. The van der Waals surface area contributed by atoms with Gasteiger partial charge in [-0.15, -0.1) is 0 Å². The Morgan fingerprint density at radius 1 is 1.23 bits per heavy atom. The van der Waals surface area contributed by atoms with Crippen molar-refractivity contribution in [2.75, 3.05) is 26.4 Å². The van der Waals surface area contributed by atoms with Crippen LogP contribution in [0.4, 0.5) is 4.79 Å². The minimum atomic E-state index is -0.946. The van der Waals surface area contributed by atoms with Gasteiger partial charge in [0.25, 0.3) is 0 Å². The zero-order chi connectivity index (χ0) is 22.4. The number of hydrogen-bond donors (Lipinski definition) is 3. The molecule has 2 aliphatic rings. The first-order chi connectivity index (χ1) is 14.8. The van der Waals surface area contributed by atoms with Gasteiger partial charge in [0.05, 0.1) is 30.5 Å². The second-order valence-electron chi connectivity index (χ2n) is 8.14. The van der Waals surface area contributed by atoms with E-state index < -0.39 is 5.60 Å². The van der Waals surface area contributed by atoms with Crippen LogP contribution in [0.1, 0.15) is 50.8 Å². The molecular weight excluding hydrogens is 398 g/mol. The van der Waals surface area contributed by atoms with Crippen molar-refractivity contribution in [3.8, 4) is 0 Å². The number of amides is 2. The quantitative estimate of drug-likeness (QED) is 0.517. The first kappa shape index (κ1) is 23.2. The Morgan fingerprint density at radius 3 is 2.68 bits per heavy atom. The molecule has 31 heavy (non-hydrogen) atoms. The Labute approximate surface area is 183 Å². The molecule has 9 nitrogen and oxygen atoms in total. The topological polar surface area (TPSA) is 110 Å². The zero-order valence-electron chi connectivity index (χ0n) is 18.7. The number of carbonyl (C=O) groups excluding carboxylic acids is 1. The number of fused-ring (bicyclic) bond motifs is 3. The average Bonchev–Trinajstić information content (AvgIpc) is 3.07. The third-order valence-corrected chi connectivity index (χ3v) is 4.96. The third kappa shape index (κ3) is 5.81. The van der Waals surface area contributed by atoms with Gasteiger partial charge in [-0.25, -0.2) is 9.78 Å². The maximum Gasteiger partial charge on any atom is 0.320 e. The van der Waals surface area contributed by atoms with E-state index in [0.717, 1.165) is 5.69 Å². The largest absolute Gasteiger partial charge is 0.389 e. The summed E-state index contributed by atoms with van der Waals surface area (Å²) in [5, 5.41) is 16.2. The maximum atomic E-state index is 12.4. The summed E-state index contributed by atoms with van der Waals surface area (Å²) in [6.07, 6.45) is 8.03. The molecule has 0 fully saturated rings. The van der Waals surface area contributed by atoms with Crippen LogP contribution in [0.2, 0.25) is 0 Å². The average molecular weight is 432 g/mol. The summed E-state index contributed by atoms with van der Waals surface area (Å²) in [6.45, 7) is 10.0. The van der Waals surface area contributed by atoms with Crippen LogP contribution in [0.5, 0.6) is 0 Å². The van der Waals surface area contributed by atoms with Gasteiger partial charge < -0.3 is 24.5 Å². The van der Waals surface area contributed by atoms with E-state index in [2.05, 4.69) is 16.7 Å². The maximum absolute atomic E-state index is 12.4. The summed E-state index contributed by atoms with van der Waals surface area (Å²) >= 11 is 0. The van der Waals surface area contributed by atoms with Gasteiger partial charge in [-0.1, -0.05) is 24.3 Å². The predicted octanol–water partition coefficient (Wildman–Crippen LogP) is 1.86. The minimum Gasteiger partial charge on any atom is -0.389 e. The number of urea groups is 1. The lowest BCUT2D eigenvalue weighted by Gasteiger charge is -2.30. The third-order valence-electron chi connectivity index (χ3n) is 4.96. The number of nitrogens with zero attached hydrogens (tertiary/aromatic N) is 3. The molecular formula is C22H33N5O4. The van der Waals surface area contributed by atoms with Crippen LogP contribution in [0.25, 0.3) is 0 Å². The minimum absolute atomic E-state index is 0.0307. The summed E-state index contributed by atoms with van der Waals surface area (Å²) in [4.78, 5) is 22.0. The molecule has 2 atom stereocenters. The van der Waals surface area contributed by atoms with E-state index in [1.54, 1.807) is 13.8 Å². The molecule has 0 saturated heterocycles. The highest BCUT2D eigenvalue weighted by molar-refractivity contribution is 6.08. The van der Waals surface area contributed by atoms with Gasteiger partial charge in [0.15, 0.2) is 5.84 Å². The summed E-state index contributed by atoms with van der Waals surface area (Å²) in [6, 6.07) is -0.519. The molecule has 2 amide bonds. The lowest BCUT2D eigenvalue weighted by molar-refractivity contribution is 0.0557.